The van der Waals surface area contributed by atoms with Crippen molar-refractivity contribution in [3.05, 3.63) is 76.1 Å². The van der Waals surface area contributed by atoms with Crippen LogP contribution in [-0.4, -0.2) is 40.5 Å². The fourth-order valence-electron chi connectivity index (χ4n) is 4.43. The molecule has 0 amide bonds. The predicted octanol–water partition coefficient (Wildman–Crippen LogP) is 3.68. The Kier molecular flexibility index (Phi) is 4.28. The van der Waals surface area contributed by atoms with Crippen LogP contribution in [0.3, 0.4) is 0 Å². The summed E-state index contributed by atoms with van der Waals surface area (Å²) >= 11 is 0. The third-order valence-electron chi connectivity index (χ3n) is 5.94. The zero-order valence-electron chi connectivity index (χ0n) is 17.2. The number of benzene rings is 1. The van der Waals surface area contributed by atoms with Gasteiger partial charge in [-0.1, -0.05) is 18.2 Å². The molecule has 0 spiro atoms. The number of aryl methyl sites for hydroxylation is 1. The minimum Gasteiger partial charge on any atom is -0.358 e. The molecule has 0 saturated heterocycles. The van der Waals surface area contributed by atoms with Gasteiger partial charge in [0.05, 0.1) is 11.1 Å². The largest absolute Gasteiger partial charge is 0.358 e. The number of hydrogen-bond donors (Lipinski definition) is 2. The van der Waals surface area contributed by atoms with E-state index in [0.29, 0.717) is 11.5 Å². The van der Waals surface area contributed by atoms with Crippen molar-refractivity contribution in [1.82, 2.24) is 29.5 Å². The molecule has 2 N–H and O–H groups in total. The van der Waals surface area contributed by atoms with E-state index in [-0.39, 0.29) is 23.2 Å². The summed E-state index contributed by atoms with van der Waals surface area (Å²) < 4.78 is 15.1. The van der Waals surface area contributed by atoms with E-state index in [1.807, 2.05) is 12.1 Å². The molecule has 4 heterocycles. The van der Waals surface area contributed by atoms with Crippen molar-refractivity contribution in [2.45, 2.75) is 25.3 Å². The Labute approximate surface area is 185 Å². The fraction of sp³-hybridized carbons (Fsp3) is 0.182. The highest BCUT2D eigenvalue weighted by molar-refractivity contribution is 5.85. The number of aromatic nitrogens is 6. The number of nitro groups is 1. The molecule has 1 atom stereocenters. The maximum atomic E-state index is 13.8. The Hall–Kier alpha value is -4.41. The first-order chi connectivity index (χ1) is 16.1. The Morgan fingerprint density at radius 1 is 1.21 bits per heavy atom. The molecule has 11 heteroatoms. The molecule has 0 radical (unpaired) electrons. The SMILES string of the molecule is O=[N+]([O-])c1cnn2c(N[C@@H]3CCc4[nH]c5ccccc5c4C3)nc(-c3cncc(F)c3)nc12. The van der Waals surface area contributed by atoms with E-state index >= 15 is 0 Å². The summed E-state index contributed by atoms with van der Waals surface area (Å²) in [5, 5.41) is 20.2. The van der Waals surface area contributed by atoms with Gasteiger partial charge in [-0.3, -0.25) is 15.1 Å². The average molecular weight is 444 g/mol. The van der Waals surface area contributed by atoms with Gasteiger partial charge in [0.15, 0.2) is 5.82 Å². The van der Waals surface area contributed by atoms with Gasteiger partial charge in [0.2, 0.25) is 11.6 Å². The highest BCUT2D eigenvalue weighted by Crippen LogP contribution is 2.31. The van der Waals surface area contributed by atoms with Gasteiger partial charge in [0.1, 0.15) is 12.0 Å². The smallest absolute Gasteiger partial charge is 0.333 e. The molecule has 5 aromatic rings. The highest BCUT2D eigenvalue weighted by atomic mass is 19.1. The van der Waals surface area contributed by atoms with Gasteiger partial charge in [-0.15, -0.1) is 0 Å². The zero-order chi connectivity index (χ0) is 22.5. The average Bonchev–Trinajstić information content (AvgIpc) is 3.41. The summed E-state index contributed by atoms with van der Waals surface area (Å²) in [7, 11) is 0. The number of pyridine rings is 1. The molecule has 0 fully saturated rings. The second kappa shape index (κ2) is 7.33. The summed E-state index contributed by atoms with van der Waals surface area (Å²) in [4.78, 5) is 27.1. The molecule has 1 aliphatic rings. The molecule has 0 unspecified atom stereocenters. The number of nitrogens with one attached hydrogen (secondary N) is 2. The van der Waals surface area contributed by atoms with Gasteiger partial charge in [0.25, 0.3) is 0 Å². The molecule has 164 valence electrons. The lowest BCUT2D eigenvalue weighted by Crippen LogP contribution is -2.29. The van der Waals surface area contributed by atoms with Crippen LogP contribution in [0, 0.1) is 15.9 Å². The number of anilines is 1. The lowest BCUT2D eigenvalue weighted by molar-refractivity contribution is -0.383. The van der Waals surface area contributed by atoms with Crippen LogP contribution < -0.4 is 5.32 Å². The number of halogens is 1. The summed E-state index contributed by atoms with van der Waals surface area (Å²) in [6.07, 6.45) is 6.08. The fourth-order valence-corrected chi connectivity index (χ4v) is 4.43. The normalized spacial score (nSPS) is 15.6. The first kappa shape index (κ1) is 19.3. The lowest BCUT2D eigenvalue weighted by Gasteiger charge is -2.24. The quantitative estimate of drug-likeness (QED) is 0.320. The van der Waals surface area contributed by atoms with Crippen molar-refractivity contribution in [1.29, 1.82) is 0 Å². The minimum atomic E-state index is -0.550. The Balaban J connectivity index is 1.42. The third kappa shape index (κ3) is 3.25. The molecule has 0 saturated carbocycles. The van der Waals surface area contributed by atoms with Gasteiger partial charge in [0, 0.05) is 34.4 Å². The molecule has 0 bridgehead atoms. The van der Waals surface area contributed by atoms with E-state index < -0.39 is 10.7 Å². The second-order valence-corrected chi connectivity index (χ2v) is 8.00. The van der Waals surface area contributed by atoms with Crippen molar-refractivity contribution in [3.8, 4) is 11.4 Å². The maximum Gasteiger partial charge on any atom is 0.333 e. The Bertz CT molecular complexity index is 1540. The summed E-state index contributed by atoms with van der Waals surface area (Å²) in [5.41, 5.74) is 3.67. The zero-order valence-corrected chi connectivity index (χ0v) is 17.2. The monoisotopic (exact) mass is 444 g/mol. The molecule has 0 aliphatic heterocycles. The molecule has 10 nitrogen and oxygen atoms in total. The van der Waals surface area contributed by atoms with E-state index in [2.05, 4.69) is 42.5 Å². The van der Waals surface area contributed by atoms with E-state index in [1.54, 1.807) is 0 Å². The van der Waals surface area contributed by atoms with Crippen LogP contribution >= 0.6 is 0 Å². The van der Waals surface area contributed by atoms with Crippen molar-refractivity contribution in [3.63, 3.8) is 0 Å². The standard InChI is InChI=1S/C22H17FN8O2/c23-13-7-12(9-24-10-13)20-28-21-19(31(32)33)11-25-30(21)22(29-20)26-14-5-6-18-16(8-14)15-3-1-2-4-17(15)27-18/h1-4,7,9-11,14,27H,5-6,8H2,(H,26,28,29)/t14-/m1/s1. The van der Waals surface area contributed by atoms with Crippen LogP contribution in [-0.2, 0) is 12.8 Å². The summed E-state index contributed by atoms with van der Waals surface area (Å²) in [6.45, 7) is 0. The molecule has 33 heavy (non-hydrogen) atoms. The van der Waals surface area contributed by atoms with Gasteiger partial charge in [-0.2, -0.15) is 14.6 Å². The number of hydrogen-bond acceptors (Lipinski definition) is 7. The van der Waals surface area contributed by atoms with Crippen LogP contribution in [0.1, 0.15) is 17.7 Å². The first-order valence-electron chi connectivity index (χ1n) is 10.4. The van der Waals surface area contributed by atoms with Gasteiger partial charge < -0.3 is 10.3 Å². The van der Waals surface area contributed by atoms with Crippen molar-refractivity contribution in [2.24, 2.45) is 0 Å². The second-order valence-electron chi connectivity index (χ2n) is 8.00. The lowest BCUT2D eigenvalue weighted by atomic mass is 9.91. The van der Waals surface area contributed by atoms with E-state index in [9.17, 15) is 14.5 Å². The number of fused-ring (bicyclic) bond motifs is 4. The number of rotatable bonds is 4. The number of aromatic amines is 1. The topological polar surface area (TPSA) is 127 Å². The van der Waals surface area contributed by atoms with Gasteiger partial charge in [-0.25, -0.2) is 9.37 Å². The number of para-hydroxylation sites is 1. The third-order valence-corrected chi connectivity index (χ3v) is 5.94. The maximum absolute atomic E-state index is 13.8. The summed E-state index contributed by atoms with van der Waals surface area (Å²) in [5.74, 6) is -0.113. The van der Waals surface area contributed by atoms with E-state index in [0.717, 1.165) is 37.2 Å². The van der Waals surface area contributed by atoms with Crippen LogP contribution in [0.2, 0.25) is 0 Å². The van der Waals surface area contributed by atoms with Crippen LogP contribution in [0.15, 0.2) is 48.9 Å². The van der Waals surface area contributed by atoms with Gasteiger partial charge in [-0.05, 0) is 37.0 Å². The Morgan fingerprint density at radius 2 is 2.09 bits per heavy atom. The van der Waals surface area contributed by atoms with Crippen molar-refractivity contribution >= 4 is 28.2 Å². The molecular formula is C22H17FN8O2. The van der Waals surface area contributed by atoms with Crippen LogP contribution in [0.5, 0.6) is 0 Å². The predicted molar refractivity (Wildman–Crippen MR) is 118 cm³/mol. The first-order valence-corrected chi connectivity index (χ1v) is 10.4. The van der Waals surface area contributed by atoms with E-state index in [1.165, 1.54) is 33.4 Å². The molecule has 1 aliphatic carbocycles. The summed E-state index contributed by atoms with van der Waals surface area (Å²) in [6, 6.07) is 9.45. The van der Waals surface area contributed by atoms with E-state index in [4.69, 9.17) is 0 Å². The molecule has 1 aromatic carbocycles. The van der Waals surface area contributed by atoms with Crippen LogP contribution in [0.25, 0.3) is 27.9 Å². The van der Waals surface area contributed by atoms with Crippen LogP contribution in [0.4, 0.5) is 16.0 Å². The van der Waals surface area contributed by atoms with Gasteiger partial charge >= 0.3 is 5.69 Å². The van der Waals surface area contributed by atoms with Crippen molar-refractivity contribution < 1.29 is 9.31 Å². The highest BCUT2D eigenvalue weighted by Gasteiger charge is 2.26. The molecule has 6 rings (SSSR count). The number of nitrogens with zero attached hydrogens (tertiary/aromatic N) is 6. The Morgan fingerprint density at radius 3 is 2.94 bits per heavy atom. The molecule has 4 aromatic heterocycles. The number of H-pyrrole nitrogens is 1. The van der Waals surface area contributed by atoms with Crippen molar-refractivity contribution in [2.75, 3.05) is 5.32 Å². The molecular weight excluding hydrogens is 427 g/mol. The minimum absolute atomic E-state index is 0.0246.